The van der Waals surface area contributed by atoms with E-state index in [2.05, 4.69) is 53.1 Å². The van der Waals surface area contributed by atoms with Crippen LogP contribution >= 0.6 is 0 Å². The van der Waals surface area contributed by atoms with Gasteiger partial charge in [-0.1, -0.05) is 72.8 Å². The molecular formula is C22H28N2O. The molecule has 0 bridgehead atoms. The normalized spacial score (nSPS) is 19.1. The Kier molecular flexibility index (Phi) is 6.40. The summed E-state index contributed by atoms with van der Waals surface area (Å²) in [4.78, 5) is 4.87. The Morgan fingerprint density at radius 2 is 1.52 bits per heavy atom. The number of piperazine rings is 1. The summed E-state index contributed by atoms with van der Waals surface area (Å²) in [5.41, 5.74) is 2.25. The Morgan fingerprint density at radius 3 is 2.16 bits per heavy atom. The van der Waals surface area contributed by atoms with Gasteiger partial charge in [-0.05, 0) is 18.1 Å². The quantitative estimate of drug-likeness (QED) is 0.875. The van der Waals surface area contributed by atoms with E-state index in [1.165, 1.54) is 5.56 Å². The molecule has 2 unspecified atom stereocenters. The van der Waals surface area contributed by atoms with Crippen LogP contribution in [0.25, 0.3) is 6.08 Å². The molecule has 0 spiro atoms. The lowest BCUT2D eigenvalue weighted by atomic mass is 10.0. The van der Waals surface area contributed by atoms with Gasteiger partial charge < -0.3 is 5.11 Å². The number of hydrogen-bond acceptors (Lipinski definition) is 3. The second-order valence-corrected chi connectivity index (χ2v) is 6.75. The van der Waals surface area contributed by atoms with Crippen molar-refractivity contribution in [3.05, 3.63) is 77.9 Å². The van der Waals surface area contributed by atoms with Gasteiger partial charge in [0.25, 0.3) is 0 Å². The van der Waals surface area contributed by atoms with E-state index in [1.54, 1.807) is 0 Å². The Bertz CT molecular complexity index is 648. The molecule has 2 atom stereocenters. The molecule has 132 valence electrons. The number of hydrogen-bond donors (Lipinski definition) is 1. The van der Waals surface area contributed by atoms with Crippen molar-refractivity contribution in [1.29, 1.82) is 0 Å². The minimum absolute atomic E-state index is 0.143. The van der Waals surface area contributed by atoms with E-state index in [1.807, 2.05) is 36.4 Å². The SMILES string of the molecule is CC(C(O)c1ccccc1)N1CCN(C/C=C/c2ccccc2)CC1. The Morgan fingerprint density at radius 1 is 0.920 bits per heavy atom. The summed E-state index contributed by atoms with van der Waals surface area (Å²) in [5, 5.41) is 10.6. The van der Waals surface area contributed by atoms with Gasteiger partial charge in [0.05, 0.1) is 6.10 Å². The van der Waals surface area contributed by atoms with Gasteiger partial charge in [-0.3, -0.25) is 9.80 Å². The maximum Gasteiger partial charge on any atom is 0.0942 e. The standard InChI is InChI=1S/C22H28N2O/c1-19(22(25)21-12-6-3-7-13-21)24-17-15-23(16-18-24)14-8-11-20-9-4-2-5-10-20/h2-13,19,22,25H,14-18H2,1H3/b11-8+. The molecule has 3 nitrogen and oxygen atoms in total. The van der Waals surface area contributed by atoms with Crippen LogP contribution < -0.4 is 0 Å². The van der Waals surface area contributed by atoms with Crippen molar-refractivity contribution in [2.24, 2.45) is 0 Å². The monoisotopic (exact) mass is 336 g/mol. The van der Waals surface area contributed by atoms with Gasteiger partial charge in [-0.15, -0.1) is 0 Å². The minimum Gasteiger partial charge on any atom is -0.387 e. The molecule has 0 radical (unpaired) electrons. The first-order valence-corrected chi connectivity index (χ1v) is 9.15. The van der Waals surface area contributed by atoms with Gasteiger partial charge in [0.1, 0.15) is 0 Å². The van der Waals surface area contributed by atoms with Gasteiger partial charge >= 0.3 is 0 Å². The summed E-state index contributed by atoms with van der Waals surface area (Å²) < 4.78 is 0. The van der Waals surface area contributed by atoms with Crippen LogP contribution in [-0.4, -0.2) is 53.7 Å². The van der Waals surface area contributed by atoms with E-state index in [4.69, 9.17) is 0 Å². The van der Waals surface area contributed by atoms with E-state index in [-0.39, 0.29) is 6.04 Å². The average molecular weight is 336 g/mol. The molecule has 0 saturated carbocycles. The molecule has 3 rings (SSSR count). The zero-order valence-corrected chi connectivity index (χ0v) is 15.0. The van der Waals surface area contributed by atoms with E-state index in [9.17, 15) is 5.11 Å². The largest absolute Gasteiger partial charge is 0.387 e. The molecule has 0 aromatic heterocycles. The van der Waals surface area contributed by atoms with E-state index in [0.29, 0.717) is 0 Å². The molecule has 2 aromatic rings. The van der Waals surface area contributed by atoms with Gasteiger partial charge in [0, 0.05) is 38.8 Å². The van der Waals surface area contributed by atoms with E-state index in [0.717, 1.165) is 38.3 Å². The molecule has 1 N–H and O–H groups in total. The lowest BCUT2D eigenvalue weighted by Gasteiger charge is -2.39. The van der Waals surface area contributed by atoms with Crippen LogP contribution in [-0.2, 0) is 0 Å². The van der Waals surface area contributed by atoms with Crippen molar-refractivity contribution in [1.82, 2.24) is 9.80 Å². The summed E-state index contributed by atoms with van der Waals surface area (Å²) in [7, 11) is 0. The van der Waals surface area contributed by atoms with Crippen LogP contribution in [0.2, 0.25) is 0 Å². The van der Waals surface area contributed by atoms with Gasteiger partial charge in [0.2, 0.25) is 0 Å². The maximum absolute atomic E-state index is 10.6. The fraction of sp³-hybridized carbons (Fsp3) is 0.364. The predicted molar refractivity (Wildman–Crippen MR) is 104 cm³/mol. The van der Waals surface area contributed by atoms with Crippen molar-refractivity contribution in [2.45, 2.75) is 19.1 Å². The third-order valence-electron chi connectivity index (χ3n) is 5.05. The summed E-state index contributed by atoms with van der Waals surface area (Å²) in [5.74, 6) is 0. The molecular weight excluding hydrogens is 308 g/mol. The predicted octanol–water partition coefficient (Wildman–Crippen LogP) is 3.44. The Labute approximate surface area is 151 Å². The minimum atomic E-state index is -0.425. The molecule has 2 aromatic carbocycles. The smallest absolute Gasteiger partial charge is 0.0942 e. The number of rotatable bonds is 6. The third-order valence-corrected chi connectivity index (χ3v) is 5.05. The molecule has 0 amide bonds. The lowest BCUT2D eigenvalue weighted by molar-refractivity contribution is 0.0287. The summed E-state index contributed by atoms with van der Waals surface area (Å²) in [6.07, 6.45) is 4.01. The number of aliphatic hydroxyl groups is 1. The zero-order valence-electron chi connectivity index (χ0n) is 15.0. The van der Waals surface area contributed by atoms with E-state index >= 15 is 0 Å². The van der Waals surface area contributed by atoms with Crippen molar-refractivity contribution in [2.75, 3.05) is 32.7 Å². The number of nitrogens with zero attached hydrogens (tertiary/aromatic N) is 2. The fourth-order valence-electron chi connectivity index (χ4n) is 3.38. The molecule has 1 aliphatic rings. The van der Waals surface area contributed by atoms with Crippen LogP contribution in [0.15, 0.2) is 66.7 Å². The molecule has 1 saturated heterocycles. The third kappa shape index (κ3) is 5.02. The van der Waals surface area contributed by atoms with Crippen molar-refractivity contribution < 1.29 is 5.11 Å². The molecule has 1 aliphatic heterocycles. The van der Waals surface area contributed by atoms with Crippen LogP contribution in [0.1, 0.15) is 24.2 Å². The molecule has 3 heteroatoms. The Hall–Kier alpha value is -1.94. The first kappa shape index (κ1) is 17.9. The lowest BCUT2D eigenvalue weighted by Crippen LogP contribution is -2.50. The fourth-order valence-corrected chi connectivity index (χ4v) is 3.38. The summed E-state index contributed by atoms with van der Waals surface area (Å²) >= 11 is 0. The highest BCUT2D eigenvalue weighted by Crippen LogP contribution is 2.21. The first-order valence-electron chi connectivity index (χ1n) is 9.15. The highest BCUT2D eigenvalue weighted by Gasteiger charge is 2.26. The first-order chi connectivity index (χ1) is 12.2. The van der Waals surface area contributed by atoms with E-state index < -0.39 is 6.10 Å². The number of aliphatic hydroxyl groups excluding tert-OH is 1. The maximum atomic E-state index is 10.6. The second-order valence-electron chi connectivity index (χ2n) is 6.75. The van der Waals surface area contributed by atoms with Crippen LogP contribution in [0.3, 0.4) is 0 Å². The van der Waals surface area contributed by atoms with Crippen molar-refractivity contribution >= 4 is 6.08 Å². The number of benzene rings is 2. The molecule has 1 heterocycles. The van der Waals surface area contributed by atoms with Crippen LogP contribution in [0.5, 0.6) is 0 Å². The molecule has 0 aliphatic carbocycles. The highest BCUT2D eigenvalue weighted by molar-refractivity contribution is 5.48. The second kappa shape index (κ2) is 8.95. The molecule has 25 heavy (non-hydrogen) atoms. The van der Waals surface area contributed by atoms with Crippen LogP contribution in [0, 0.1) is 0 Å². The van der Waals surface area contributed by atoms with Gasteiger partial charge in [0.15, 0.2) is 0 Å². The summed E-state index contributed by atoms with van der Waals surface area (Å²) in [6.45, 7) is 7.21. The summed E-state index contributed by atoms with van der Waals surface area (Å²) in [6, 6.07) is 20.6. The van der Waals surface area contributed by atoms with Crippen molar-refractivity contribution in [3.8, 4) is 0 Å². The van der Waals surface area contributed by atoms with Crippen molar-refractivity contribution in [3.63, 3.8) is 0 Å². The van der Waals surface area contributed by atoms with Crippen LogP contribution in [0.4, 0.5) is 0 Å². The van der Waals surface area contributed by atoms with Gasteiger partial charge in [-0.25, -0.2) is 0 Å². The topological polar surface area (TPSA) is 26.7 Å². The Balaban J connectivity index is 1.46. The molecule has 1 fully saturated rings. The van der Waals surface area contributed by atoms with Gasteiger partial charge in [-0.2, -0.15) is 0 Å². The highest BCUT2D eigenvalue weighted by atomic mass is 16.3. The zero-order chi connectivity index (χ0) is 17.5. The average Bonchev–Trinajstić information content (AvgIpc) is 2.69.